The van der Waals surface area contributed by atoms with Gasteiger partial charge in [-0.25, -0.2) is 4.98 Å². The smallest absolute Gasteiger partial charge is 0.237 e. The topological polar surface area (TPSA) is 78.7 Å². The number of aromatic nitrogens is 2. The van der Waals surface area contributed by atoms with Crippen LogP contribution in [0.4, 0.5) is 0 Å². The molecule has 3 heterocycles. The average Bonchev–Trinajstić information content (AvgIpc) is 3.31. The summed E-state index contributed by atoms with van der Waals surface area (Å²) in [5, 5.41) is 8.19. The number of rotatable bonds is 6. The molecule has 1 fully saturated rings. The highest BCUT2D eigenvalue weighted by atomic mass is 32.1. The first-order chi connectivity index (χ1) is 15.5. The van der Waals surface area contributed by atoms with E-state index in [4.69, 9.17) is 0 Å². The van der Waals surface area contributed by atoms with Crippen molar-refractivity contribution in [3.63, 3.8) is 0 Å². The van der Waals surface area contributed by atoms with Crippen molar-refractivity contribution >= 4 is 38.9 Å². The van der Waals surface area contributed by atoms with Gasteiger partial charge in [-0.15, -0.1) is 11.3 Å². The van der Waals surface area contributed by atoms with Gasteiger partial charge in [0.15, 0.2) is 4.96 Å². The molecule has 2 aromatic heterocycles. The third-order valence-corrected chi connectivity index (χ3v) is 6.72. The summed E-state index contributed by atoms with van der Waals surface area (Å²) >= 11 is 1.62. The number of hydrogen-bond acceptors (Lipinski definition) is 5. The van der Waals surface area contributed by atoms with Gasteiger partial charge in [0.2, 0.25) is 11.8 Å². The van der Waals surface area contributed by atoms with E-state index in [-0.39, 0.29) is 18.2 Å². The molecule has 7 nitrogen and oxygen atoms in total. The summed E-state index contributed by atoms with van der Waals surface area (Å²) in [5.74, 6) is -0.242. The van der Waals surface area contributed by atoms with Crippen LogP contribution in [0.25, 0.3) is 15.7 Å². The number of benzene rings is 2. The minimum Gasteiger partial charge on any atom is -0.353 e. The van der Waals surface area contributed by atoms with E-state index in [0.717, 1.165) is 16.2 Å². The lowest BCUT2D eigenvalue weighted by atomic mass is 10.0. The lowest BCUT2D eigenvalue weighted by Crippen LogP contribution is -2.56. The molecule has 32 heavy (non-hydrogen) atoms. The average molecular weight is 448 g/mol. The summed E-state index contributed by atoms with van der Waals surface area (Å²) in [6, 6.07) is 14.1. The number of thiazole rings is 1. The van der Waals surface area contributed by atoms with Crippen LogP contribution in [-0.4, -0.2) is 45.2 Å². The molecule has 5 rings (SSSR count). The van der Waals surface area contributed by atoms with E-state index < -0.39 is 6.04 Å². The Morgan fingerprint density at radius 3 is 2.91 bits per heavy atom. The molecule has 8 heteroatoms. The number of nitrogens with one attached hydrogen (secondary N) is 2. The van der Waals surface area contributed by atoms with Crippen LogP contribution in [0.3, 0.4) is 0 Å². The maximum atomic E-state index is 12.7. The van der Waals surface area contributed by atoms with Crippen LogP contribution >= 0.6 is 11.3 Å². The zero-order valence-corrected chi connectivity index (χ0v) is 18.7. The Bertz CT molecular complexity index is 1260. The van der Waals surface area contributed by atoms with E-state index in [2.05, 4.69) is 50.8 Å². The molecular formula is C24H25N5O2S. The monoisotopic (exact) mass is 447 g/mol. The van der Waals surface area contributed by atoms with Gasteiger partial charge in [0.25, 0.3) is 0 Å². The Hall–Kier alpha value is -3.23. The Morgan fingerprint density at radius 1 is 1.22 bits per heavy atom. The van der Waals surface area contributed by atoms with Crippen molar-refractivity contribution in [3.8, 4) is 0 Å². The molecule has 0 radical (unpaired) electrons. The highest BCUT2D eigenvalue weighted by Gasteiger charge is 2.31. The molecule has 2 aromatic carbocycles. The first-order valence-electron chi connectivity index (χ1n) is 10.8. The number of carbonyl (C=O) groups is 2. The summed E-state index contributed by atoms with van der Waals surface area (Å²) < 4.78 is 1.97. The summed E-state index contributed by atoms with van der Waals surface area (Å²) in [6.07, 6.45) is 4.08. The fourth-order valence-corrected chi connectivity index (χ4v) is 5.05. The van der Waals surface area contributed by atoms with Crippen molar-refractivity contribution < 1.29 is 9.59 Å². The van der Waals surface area contributed by atoms with E-state index in [1.165, 1.54) is 15.6 Å². The molecule has 1 aliphatic rings. The van der Waals surface area contributed by atoms with Gasteiger partial charge in [0, 0.05) is 36.9 Å². The maximum absolute atomic E-state index is 12.7. The molecule has 0 bridgehead atoms. The first-order valence-corrected chi connectivity index (χ1v) is 11.6. The number of nitrogens with zero attached hydrogens (tertiary/aromatic N) is 3. The number of hydrogen-bond donors (Lipinski definition) is 2. The molecule has 4 aromatic rings. The predicted octanol–water partition coefficient (Wildman–Crippen LogP) is 2.86. The van der Waals surface area contributed by atoms with E-state index >= 15 is 0 Å². The Labute approximate surface area is 190 Å². The minimum absolute atomic E-state index is 0.0924. The predicted molar refractivity (Wildman–Crippen MR) is 125 cm³/mol. The second kappa shape index (κ2) is 8.72. The zero-order valence-electron chi connectivity index (χ0n) is 17.9. The van der Waals surface area contributed by atoms with Crippen LogP contribution < -0.4 is 10.6 Å². The van der Waals surface area contributed by atoms with Crippen molar-refractivity contribution in [2.24, 2.45) is 0 Å². The lowest BCUT2D eigenvalue weighted by Gasteiger charge is -2.34. The lowest BCUT2D eigenvalue weighted by molar-refractivity contribution is -0.134. The SMILES string of the molecule is Cc1cn2cc(CNC(=O)C[C@H]3C(=O)NCCN3Cc3ccc4ccccc4c3)nc2s1. The van der Waals surface area contributed by atoms with Gasteiger partial charge in [0.1, 0.15) is 0 Å². The normalized spacial score (nSPS) is 17.0. The van der Waals surface area contributed by atoms with E-state index in [0.29, 0.717) is 26.2 Å². The quantitative estimate of drug-likeness (QED) is 0.476. The molecule has 1 aliphatic heterocycles. The molecule has 2 amide bonds. The summed E-state index contributed by atoms with van der Waals surface area (Å²) in [6.45, 7) is 4.33. The summed E-state index contributed by atoms with van der Waals surface area (Å²) in [4.78, 5) is 34.0. The third-order valence-electron chi connectivity index (χ3n) is 5.81. The number of aryl methyl sites for hydroxylation is 1. The fourth-order valence-electron chi connectivity index (χ4n) is 4.23. The van der Waals surface area contributed by atoms with Crippen LogP contribution in [0.1, 0.15) is 22.6 Å². The van der Waals surface area contributed by atoms with Crippen LogP contribution in [0.5, 0.6) is 0 Å². The van der Waals surface area contributed by atoms with Crippen LogP contribution in [0.2, 0.25) is 0 Å². The van der Waals surface area contributed by atoms with Gasteiger partial charge in [-0.2, -0.15) is 0 Å². The van der Waals surface area contributed by atoms with E-state index in [1.54, 1.807) is 11.3 Å². The van der Waals surface area contributed by atoms with Gasteiger partial charge in [-0.1, -0.05) is 36.4 Å². The maximum Gasteiger partial charge on any atom is 0.237 e. The molecule has 2 N–H and O–H groups in total. The largest absolute Gasteiger partial charge is 0.353 e. The number of carbonyl (C=O) groups excluding carboxylic acids is 2. The van der Waals surface area contributed by atoms with Gasteiger partial charge < -0.3 is 10.6 Å². The summed E-state index contributed by atoms with van der Waals surface area (Å²) in [7, 11) is 0. The number of fused-ring (bicyclic) bond motifs is 2. The number of imidazole rings is 1. The van der Waals surface area contributed by atoms with E-state index in [9.17, 15) is 9.59 Å². The van der Waals surface area contributed by atoms with Crippen LogP contribution in [0, 0.1) is 6.92 Å². The molecule has 164 valence electrons. The molecule has 0 spiro atoms. The van der Waals surface area contributed by atoms with Gasteiger partial charge in [-0.3, -0.25) is 18.9 Å². The third kappa shape index (κ3) is 4.37. The van der Waals surface area contributed by atoms with Crippen molar-refractivity contribution in [3.05, 3.63) is 71.0 Å². The van der Waals surface area contributed by atoms with Crippen molar-refractivity contribution in [1.29, 1.82) is 0 Å². The fraction of sp³-hybridized carbons (Fsp3) is 0.292. The second-order valence-corrected chi connectivity index (χ2v) is 9.42. The second-order valence-electron chi connectivity index (χ2n) is 8.20. The number of amides is 2. The molecule has 0 saturated carbocycles. The number of piperazine rings is 1. The highest BCUT2D eigenvalue weighted by molar-refractivity contribution is 7.16. The minimum atomic E-state index is -0.483. The van der Waals surface area contributed by atoms with Crippen molar-refractivity contribution in [2.45, 2.75) is 32.5 Å². The Kier molecular flexibility index (Phi) is 5.63. The van der Waals surface area contributed by atoms with E-state index in [1.807, 2.05) is 35.9 Å². The van der Waals surface area contributed by atoms with Crippen molar-refractivity contribution in [1.82, 2.24) is 24.9 Å². The van der Waals surface area contributed by atoms with Gasteiger partial charge in [-0.05, 0) is 29.3 Å². The zero-order chi connectivity index (χ0) is 22.1. The molecular weight excluding hydrogens is 422 g/mol. The summed E-state index contributed by atoms with van der Waals surface area (Å²) in [5.41, 5.74) is 1.95. The molecule has 0 unspecified atom stereocenters. The van der Waals surface area contributed by atoms with Crippen molar-refractivity contribution in [2.75, 3.05) is 13.1 Å². The van der Waals surface area contributed by atoms with Crippen LogP contribution in [0.15, 0.2) is 54.9 Å². The highest BCUT2D eigenvalue weighted by Crippen LogP contribution is 2.20. The molecule has 1 saturated heterocycles. The Balaban J connectivity index is 1.23. The Morgan fingerprint density at radius 2 is 2.06 bits per heavy atom. The first kappa shape index (κ1) is 20.7. The molecule has 1 atom stereocenters. The van der Waals surface area contributed by atoms with Gasteiger partial charge >= 0.3 is 0 Å². The van der Waals surface area contributed by atoms with Gasteiger partial charge in [0.05, 0.1) is 24.7 Å². The standard InChI is InChI=1S/C24H25N5O2S/c1-16-13-29-15-20(27-24(29)32-16)12-26-22(30)11-21-23(31)25-8-9-28(21)14-17-6-7-18-4-2-3-5-19(18)10-17/h2-7,10,13,15,21H,8-9,11-12,14H2,1H3,(H,25,31)(H,26,30)/t21-/m0/s1. The molecule has 0 aliphatic carbocycles. The van der Waals surface area contributed by atoms with Crippen LogP contribution in [-0.2, 0) is 22.7 Å².